The van der Waals surface area contributed by atoms with Crippen molar-refractivity contribution in [1.82, 2.24) is 9.80 Å². The molecule has 1 aliphatic rings. The summed E-state index contributed by atoms with van der Waals surface area (Å²) in [5.41, 5.74) is 6.22. The first-order valence-electron chi connectivity index (χ1n) is 9.69. The summed E-state index contributed by atoms with van der Waals surface area (Å²) in [6, 6.07) is 15.0. The fraction of sp³-hybridized carbons (Fsp3) is 0.435. The average molecular weight is 350 g/mol. The number of aliphatic imine (C=N–C) groups is 1. The Kier molecular flexibility index (Phi) is 6.10. The number of aryl methyl sites for hydroxylation is 1. The van der Waals surface area contributed by atoms with Gasteiger partial charge in [0.05, 0.1) is 5.69 Å². The molecule has 3 rings (SSSR count). The van der Waals surface area contributed by atoms with Gasteiger partial charge in [-0.2, -0.15) is 0 Å². The van der Waals surface area contributed by atoms with Crippen molar-refractivity contribution in [2.24, 2.45) is 4.99 Å². The molecular weight excluding hydrogens is 318 g/mol. The molecular formula is C23H31N3. The van der Waals surface area contributed by atoms with Crippen molar-refractivity contribution < 1.29 is 0 Å². The Morgan fingerprint density at radius 2 is 1.69 bits per heavy atom. The Balaban J connectivity index is 1.93. The van der Waals surface area contributed by atoms with E-state index in [1.807, 2.05) is 0 Å². The van der Waals surface area contributed by atoms with Crippen LogP contribution in [0.3, 0.4) is 0 Å². The summed E-state index contributed by atoms with van der Waals surface area (Å²) in [6.07, 6.45) is 4.03. The van der Waals surface area contributed by atoms with Crippen LogP contribution in [-0.4, -0.2) is 42.8 Å². The zero-order chi connectivity index (χ0) is 18.5. The minimum Gasteiger partial charge on any atom is -0.362 e. The van der Waals surface area contributed by atoms with E-state index in [0.29, 0.717) is 0 Å². The largest absolute Gasteiger partial charge is 0.362 e. The lowest BCUT2D eigenvalue weighted by Gasteiger charge is -2.27. The highest BCUT2D eigenvalue weighted by molar-refractivity contribution is 6.01. The molecule has 0 aromatic heterocycles. The van der Waals surface area contributed by atoms with E-state index in [0.717, 1.165) is 18.1 Å². The molecule has 0 radical (unpaired) electrons. The van der Waals surface area contributed by atoms with Crippen LogP contribution in [0.1, 0.15) is 41.5 Å². The number of nitrogens with zero attached hydrogens (tertiary/aromatic N) is 3. The molecule has 2 aromatic carbocycles. The topological polar surface area (TPSA) is 18.8 Å². The van der Waals surface area contributed by atoms with Crippen molar-refractivity contribution in [1.29, 1.82) is 0 Å². The molecule has 1 aliphatic heterocycles. The van der Waals surface area contributed by atoms with Crippen molar-refractivity contribution in [2.45, 2.75) is 39.7 Å². The second-order valence-electron chi connectivity index (χ2n) is 7.54. The first-order valence-corrected chi connectivity index (χ1v) is 9.69. The molecule has 0 spiro atoms. The molecule has 0 bridgehead atoms. The lowest BCUT2D eigenvalue weighted by Crippen LogP contribution is -2.29. The highest BCUT2D eigenvalue weighted by Gasteiger charge is 2.14. The van der Waals surface area contributed by atoms with Crippen LogP contribution in [0.5, 0.6) is 0 Å². The number of piperidine rings is 1. The fourth-order valence-electron chi connectivity index (χ4n) is 3.66. The summed E-state index contributed by atoms with van der Waals surface area (Å²) in [5.74, 6) is 1.02. The maximum atomic E-state index is 5.07. The summed E-state index contributed by atoms with van der Waals surface area (Å²) < 4.78 is 0. The van der Waals surface area contributed by atoms with Crippen LogP contribution in [0.15, 0.2) is 47.5 Å². The van der Waals surface area contributed by atoms with Crippen LogP contribution in [-0.2, 0) is 6.54 Å². The van der Waals surface area contributed by atoms with E-state index in [1.165, 1.54) is 54.6 Å². The third kappa shape index (κ3) is 4.34. The number of hydrogen-bond acceptors (Lipinski definition) is 2. The number of amidine groups is 1. The van der Waals surface area contributed by atoms with Crippen LogP contribution >= 0.6 is 0 Å². The van der Waals surface area contributed by atoms with Gasteiger partial charge >= 0.3 is 0 Å². The van der Waals surface area contributed by atoms with E-state index in [2.05, 4.69) is 80.2 Å². The lowest BCUT2D eigenvalue weighted by molar-refractivity contribution is 0.220. The number of hydrogen-bond donors (Lipinski definition) is 0. The van der Waals surface area contributed by atoms with E-state index in [4.69, 9.17) is 4.99 Å². The Bertz CT molecular complexity index is 771. The highest BCUT2D eigenvalue weighted by Crippen LogP contribution is 2.26. The summed E-state index contributed by atoms with van der Waals surface area (Å²) >= 11 is 0. The van der Waals surface area contributed by atoms with Gasteiger partial charge in [-0.15, -0.1) is 0 Å². The first-order chi connectivity index (χ1) is 12.6. The molecule has 0 N–H and O–H groups in total. The average Bonchev–Trinajstić information content (AvgIpc) is 2.64. The maximum Gasteiger partial charge on any atom is 0.136 e. The lowest BCUT2D eigenvalue weighted by atomic mass is 10.0. The van der Waals surface area contributed by atoms with Gasteiger partial charge in [-0.25, -0.2) is 4.99 Å². The van der Waals surface area contributed by atoms with E-state index in [9.17, 15) is 0 Å². The van der Waals surface area contributed by atoms with Crippen LogP contribution < -0.4 is 0 Å². The molecule has 0 amide bonds. The molecule has 0 atom stereocenters. The predicted octanol–water partition coefficient (Wildman–Crippen LogP) is 4.93. The van der Waals surface area contributed by atoms with Gasteiger partial charge in [0.1, 0.15) is 5.84 Å². The molecule has 3 nitrogen and oxygen atoms in total. The van der Waals surface area contributed by atoms with Crippen LogP contribution in [0.4, 0.5) is 5.69 Å². The van der Waals surface area contributed by atoms with Gasteiger partial charge in [0.25, 0.3) is 0 Å². The Hall–Kier alpha value is -2.13. The van der Waals surface area contributed by atoms with Crippen molar-refractivity contribution in [3.05, 3.63) is 64.7 Å². The van der Waals surface area contributed by atoms with E-state index < -0.39 is 0 Å². The number of benzene rings is 2. The number of likely N-dealkylation sites (tertiary alicyclic amines) is 1. The normalized spacial score (nSPS) is 15.9. The maximum absolute atomic E-state index is 5.07. The summed E-state index contributed by atoms with van der Waals surface area (Å²) in [4.78, 5) is 9.75. The second kappa shape index (κ2) is 8.50. The SMILES string of the molecule is Cc1ccccc1C(=Nc1cccc(CN2CCCCC2)c1C)N(C)C. The Labute approximate surface area is 158 Å². The van der Waals surface area contributed by atoms with Crippen molar-refractivity contribution in [3.63, 3.8) is 0 Å². The molecule has 3 heteroatoms. The third-order valence-electron chi connectivity index (χ3n) is 5.30. The monoisotopic (exact) mass is 349 g/mol. The molecule has 0 aliphatic carbocycles. The zero-order valence-corrected chi connectivity index (χ0v) is 16.6. The predicted molar refractivity (Wildman–Crippen MR) is 111 cm³/mol. The minimum absolute atomic E-state index is 1.02. The van der Waals surface area contributed by atoms with E-state index >= 15 is 0 Å². The molecule has 1 saturated heterocycles. The van der Waals surface area contributed by atoms with Crippen LogP contribution in [0.2, 0.25) is 0 Å². The van der Waals surface area contributed by atoms with Gasteiger partial charge in [-0.1, -0.05) is 42.8 Å². The number of rotatable bonds is 4. The van der Waals surface area contributed by atoms with Crippen molar-refractivity contribution >= 4 is 11.5 Å². The molecule has 138 valence electrons. The molecule has 26 heavy (non-hydrogen) atoms. The quantitative estimate of drug-likeness (QED) is 0.576. The first kappa shape index (κ1) is 18.7. The van der Waals surface area contributed by atoms with Gasteiger partial charge in [0.15, 0.2) is 0 Å². The second-order valence-corrected chi connectivity index (χ2v) is 7.54. The molecule has 0 unspecified atom stereocenters. The van der Waals surface area contributed by atoms with E-state index in [1.54, 1.807) is 0 Å². The smallest absolute Gasteiger partial charge is 0.136 e. The minimum atomic E-state index is 1.02. The van der Waals surface area contributed by atoms with Gasteiger partial charge in [-0.05, 0) is 62.5 Å². The molecule has 2 aromatic rings. The Morgan fingerprint density at radius 1 is 0.962 bits per heavy atom. The molecule has 1 heterocycles. The van der Waals surface area contributed by atoms with Gasteiger partial charge < -0.3 is 4.90 Å². The fourth-order valence-corrected chi connectivity index (χ4v) is 3.66. The van der Waals surface area contributed by atoms with Crippen LogP contribution in [0.25, 0.3) is 0 Å². The van der Waals surface area contributed by atoms with Crippen LogP contribution in [0, 0.1) is 13.8 Å². The summed E-state index contributed by atoms with van der Waals surface area (Å²) in [5, 5.41) is 0. The standard InChI is InChI=1S/C23H31N3/c1-18-11-6-7-13-21(18)23(25(3)4)24-22-14-10-12-20(19(22)2)17-26-15-8-5-9-16-26/h6-7,10-14H,5,8-9,15-17H2,1-4H3. The third-order valence-corrected chi connectivity index (χ3v) is 5.30. The zero-order valence-electron chi connectivity index (χ0n) is 16.6. The van der Waals surface area contributed by atoms with Crippen molar-refractivity contribution in [3.8, 4) is 0 Å². The van der Waals surface area contributed by atoms with Gasteiger partial charge in [0.2, 0.25) is 0 Å². The molecule has 1 fully saturated rings. The van der Waals surface area contributed by atoms with Crippen molar-refractivity contribution in [2.75, 3.05) is 27.2 Å². The van der Waals surface area contributed by atoms with Gasteiger partial charge in [-0.3, -0.25) is 4.90 Å². The molecule has 0 saturated carbocycles. The summed E-state index contributed by atoms with van der Waals surface area (Å²) in [7, 11) is 4.14. The highest BCUT2D eigenvalue weighted by atomic mass is 15.1. The Morgan fingerprint density at radius 3 is 2.38 bits per heavy atom. The van der Waals surface area contributed by atoms with E-state index in [-0.39, 0.29) is 0 Å². The summed E-state index contributed by atoms with van der Waals surface area (Å²) in [6.45, 7) is 7.84. The van der Waals surface area contributed by atoms with Gasteiger partial charge in [0, 0.05) is 26.2 Å².